The van der Waals surface area contributed by atoms with Gasteiger partial charge in [-0.3, -0.25) is 4.79 Å². The molecule has 248 valence electrons. The van der Waals surface area contributed by atoms with Gasteiger partial charge in [0.15, 0.2) is 0 Å². The quantitative estimate of drug-likeness (QED) is 0.289. The topological polar surface area (TPSA) is 128 Å². The Bertz CT molecular complexity index is 1660. The standard InChI is InChI=1S/C31H34ClF3N4O6S/c1-19-16-39(20(2)18-40)29(41)15-21-14-25(37-30(42)36-24-8-4-22(5-9-24)31(33,34)35)10-13-27(21)45-28(19)17-38(3)46(43,44)26-11-6-23(32)7-12-26/h4-14,19-20,28,40H,15-18H2,1-3H3,(H2,36,37,42)/t19-,20-,28+/m0/s1. The third-order valence-electron chi connectivity index (χ3n) is 7.60. The number of sulfonamides is 1. The van der Waals surface area contributed by atoms with Gasteiger partial charge in [-0.05, 0) is 73.7 Å². The zero-order valence-electron chi connectivity index (χ0n) is 25.2. The van der Waals surface area contributed by atoms with Crippen molar-refractivity contribution >= 4 is 44.9 Å². The van der Waals surface area contributed by atoms with Crippen LogP contribution in [-0.4, -0.2) is 73.6 Å². The molecule has 4 rings (SSSR count). The molecule has 1 heterocycles. The molecule has 3 aromatic rings. The molecule has 3 aromatic carbocycles. The smallest absolute Gasteiger partial charge is 0.416 e. The maximum Gasteiger partial charge on any atom is 0.416 e. The van der Waals surface area contributed by atoms with Crippen molar-refractivity contribution in [3.63, 3.8) is 0 Å². The van der Waals surface area contributed by atoms with E-state index in [1.165, 1.54) is 48.3 Å². The van der Waals surface area contributed by atoms with Crippen molar-refractivity contribution in [2.24, 2.45) is 5.92 Å². The number of aliphatic hydroxyl groups is 1. The van der Waals surface area contributed by atoms with Crippen molar-refractivity contribution in [2.75, 3.05) is 37.4 Å². The number of carbonyl (C=O) groups is 2. The highest BCUT2D eigenvalue weighted by atomic mass is 35.5. The van der Waals surface area contributed by atoms with E-state index in [1.54, 1.807) is 13.0 Å². The molecule has 0 radical (unpaired) electrons. The zero-order chi connectivity index (χ0) is 33.8. The summed E-state index contributed by atoms with van der Waals surface area (Å²) in [6, 6.07) is 13.1. The van der Waals surface area contributed by atoms with E-state index in [0.29, 0.717) is 16.3 Å². The first-order chi connectivity index (χ1) is 21.6. The number of ether oxygens (including phenoxy) is 1. The molecule has 0 aliphatic carbocycles. The summed E-state index contributed by atoms with van der Waals surface area (Å²) in [7, 11) is -2.50. The highest BCUT2D eigenvalue weighted by molar-refractivity contribution is 7.89. The summed E-state index contributed by atoms with van der Waals surface area (Å²) >= 11 is 5.93. The summed E-state index contributed by atoms with van der Waals surface area (Å²) in [6.07, 6.45) is -5.39. The van der Waals surface area contributed by atoms with Crippen LogP contribution < -0.4 is 15.4 Å². The molecule has 0 spiro atoms. The van der Waals surface area contributed by atoms with Gasteiger partial charge in [-0.2, -0.15) is 17.5 Å². The number of likely N-dealkylation sites (N-methyl/N-ethyl adjacent to an activating group) is 1. The van der Waals surface area contributed by atoms with Gasteiger partial charge in [0.1, 0.15) is 11.9 Å². The molecule has 0 unspecified atom stereocenters. The summed E-state index contributed by atoms with van der Waals surface area (Å²) in [5, 5.41) is 15.3. The average Bonchev–Trinajstić information content (AvgIpc) is 3.04. The number of hydrogen-bond donors (Lipinski definition) is 3. The number of halogens is 4. The Labute approximate surface area is 270 Å². The monoisotopic (exact) mass is 682 g/mol. The van der Waals surface area contributed by atoms with Gasteiger partial charge in [0.05, 0.1) is 36.1 Å². The van der Waals surface area contributed by atoms with E-state index >= 15 is 0 Å². The molecule has 3 atom stereocenters. The van der Waals surface area contributed by atoms with E-state index in [4.69, 9.17) is 16.3 Å². The number of carbonyl (C=O) groups excluding carboxylic acids is 2. The van der Waals surface area contributed by atoms with Crippen molar-refractivity contribution in [3.8, 4) is 5.75 Å². The predicted octanol–water partition coefficient (Wildman–Crippen LogP) is 5.47. The molecule has 46 heavy (non-hydrogen) atoms. The molecule has 0 saturated heterocycles. The van der Waals surface area contributed by atoms with Crippen LogP contribution in [0.5, 0.6) is 5.75 Å². The lowest BCUT2D eigenvalue weighted by atomic mass is 10.0. The molecular formula is C31H34ClF3N4O6S. The first-order valence-electron chi connectivity index (χ1n) is 14.3. The third kappa shape index (κ3) is 8.49. The first-order valence-corrected chi connectivity index (χ1v) is 16.1. The van der Waals surface area contributed by atoms with Crippen LogP contribution >= 0.6 is 11.6 Å². The highest BCUT2D eigenvalue weighted by Crippen LogP contribution is 2.31. The second-order valence-electron chi connectivity index (χ2n) is 11.1. The van der Waals surface area contributed by atoms with Gasteiger partial charge in [-0.1, -0.05) is 18.5 Å². The Hall–Kier alpha value is -3.85. The van der Waals surface area contributed by atoms with Crippen molar-refractivity contribution in [1.29, 1.82) is 0 Å². The largest absolute Gasteiger partial charge is 0.488 e. The molecule has 0 aromatic heterocycles. The molecule has 0 saturated carbocycles. The molecule has 0 bridgehead atoms. The molecule has 1 aliphatic rings. The molecule has 15 heteroatoms. The summed E-state index contributed by atoms with van der Waals surface area (Å²) in [4.78, 5) is 27.7. The number of anilines is 2. The lowest BCUT2D eigenvalue weighted by Gasteiger charge is -2.33. The fourth-order valence-corrected chi connectivity index (χ4v) is 6.21. The number of fused-ring (bicyclic) bond motifs is 1. The van der Waals surface area contributed by atoms with E-state index in [0.717, 1.165) is 28.6 Å². The Kier molecular flexibility index (Phi) is 10.9. The molecule has 3 amide bonds. The molecule has 10 nitrogen and oxygen atoms in total. The number of hydrogen-bond acceptors (Lipinski definition) is 6. The lowest BCUT2D eigenvalue weighted by molar-refractivity contribution is -0.137. The number of urea groups is 1. The molecule has 0 fully saturated rings. The van der Waals surface area contributed by atoms with E-state index in [2.05, 4.69) is 10.6 Å². The Morgan fingerprint density at radius 1 is 1.09 bits per heavy atom. The van der Waals surface area contributed by atoms with Gasteiger partial charge >= 0.3 is 12.2 Å². The predicted molar refractivity (Wildman–Crippen MR) is 167 cm³/mol. The van der Waals surface area contributed by atoms with E-state index in [1.807, 2.05) is 6.92 Å². The fourth-order valence-electron chi connectivity index (χ4n) is 4.90. The number of aliphatic hydroxyl groups excluding tert-OH is 1. The zero-order valence-corrected chi connectivity index (χ0v) is 26.8. The maximum atomic E-state index is 13.5. The van der Waals surface area contributed by atoms with Crippen LogP contribution in [0, 0.1) is 5.92 Å². The van der Waals surface area contributed by atoms with Crippen LogP contribution in [0.4, 0.5) is 29.3 Å². The van der Waals surface area contributed by atoms with E-state index in [9.17, 15) is 36.3 Å². The maximum absolute atomic E-state index is 13.5. The van der Waals surface area contributed by atoms with Gasteiger partial charge in [-0.25, -0.2) is 13.2 Å². The van der Waals surface area contributed by atoms with Crippen LogP contribution in [0.1, 0.15) is 25.0 Å². The van der Waals surface area contributed by atoms with Crippen molar-refractivity contribution in [3.05, 3.63) is 82.9 Å². The van der Waals surface area contributed by atoms with E-state index in [-0.39, 0.29) is 54.2 Å². The SMILES string of the molecule is C[C@H]1CN([C@@H](C)CO)C(=O)Cc2cc(NC(=O)Nc3ccc(C(F)(F)F)cc3)ccc2O[C@@H]1CN(C)S(=O)(=O)c1ccc(Cl)cc1. The second kappa shape index (κ2) is 14.3. The number of nitrogens with one attached hydrogen (secondary N) is 2. The van der Waals surface area contributed by atoms with Crippen molar-refractivity contribution < 1.29 is 41.0 Å². The minimum Gasteiger partial charge on any atom is -0.488 e. The van der Waals surface area contributed by atoms with Crippen LogP contribution in [0.2, 0.25) is 5.02 Å². The minimum atomic E-state index is -4.51. The first kappa shape index (κ1) is 35.0. The summed E-state index contributed by atoms with van der Waals surface area (Å²) < 4.78 is 72.8. The van der Waals surface area contributed by atoms with Crippen molar-refractivity contribution in [1.82, 2.24) is 9.21 Å². The van der Waals surface area contributed by atoms with Crippen LogP contribution in [-0.2, 0) is 27.4 Å². The Morgan fingerprint density at radius 3 is 2.30 bits per heavy atom. The van der Waals surface area contributed by atoms with Gasteiger partial charge in [0.2, 0.25) is 15.9 Å². The van der Waals surface area contributed by atoms with Gasteiger partial charge < -0.3 is 25.4 Å². The molecule has 3 N–H and O–H groups in total. The second-order valence-corrected chi connectivity index (χ2v) is 13.6. The lowest BCUT2D eigenvalue weighted by Crippen LogP contribution is -2.48. The highest BCUT2D eigenvalue weighted by Gasteiger charge is 2.34. The number of rotatable bonds is 8. The van der Waals surface area contributed by atoms with Crippen molar-refractivity contribution in [2.45, 2.75) is 43.5 Å². The van der Waals surface area contributed by atoms with Crippen LogP contribution in [0.3, 0.4) is 0 Å². The van der Waals surface area contributed by atoms with Crippen LogP contribution in [0.15, 0.2) is 71.6 Å². The van der Waals surface area contributed by atoms with Gasteiger partial charge in [0.25, 0.3) is 0 Å². The van der Waals surface area contributed by atoms with Crippen LogP contribution in [0.25, 0.3) is 0 Å². The Balaban J connectivity index is 1.58. The number of amides is 3. The average molecular weight is 683 g/mol. The van der Waals surface area contributed by atoms with Gasteiger partial charge in [0, 0.05) is 41.5 Å². The van der Waals surface area contributed by atoms with Gasteiger partial charge in [-0.15, -0.1) is 0 Å². The fraction of sp³-hybridized carbons (Fsp3) is 0.355. The molecule has 1 aliphatic heterocycles. The molecular weight excluding hydrogens is 649 g/mol. The number of alkyl halides is 3. The summed E-state index contributed by atoms with van der Waals surface area (Å²) in [5.41, 5.74) is -0.0519. The summed E-state index contributed by atoms with van der Waals surface area (Å²) in [5.74, 6) is -0.388. The van der Waals surface area contributed by atoms with E-state index < -0.39 is 39.9 Å². The third-order valence-corrected chi connectivity index (χ3v) is 9.69. The normalized spacial score (nSPS) is 18.1. The Morgan fingerprint density at radius 2 is 1.70 bits per heavy atom. The minimum absolute atomic E-state index is 0.0477. The number of benzene rings is 3. The number of nitrogens with zero attached hydrogens (tertiary/aromatic N) is 2. The summed E-state index contributed by atoms with van der Waals surface area (Å²) in [6.45, 7) is 3.32.